The second kappa shape index (κ2) is 4.42. The van der Waals surface area contributed by atoms with E-state index in [2.05, 4.69) is 36.7 Å². The number of nitrogens with two attached hydrogens (primary N) is 1. The molecule has 1 aliphatic heterocycles. The van der Waals surface area contributed by atoms with Gasteiger partial charge in [0.05, 0.1) is 11.9 Å². The summed E-state index contributed by atoms with van der Waals surface area (Å²) in [6.45, 7) is 7.62. The molecule has 3 unspecified atom stereocenters. The molecule has 2 heterocycles. The van der Waals surface area contributed by atoms with Crippen LogP contribution in [0.2, 0.25) is 0 Å². The van der Waals surface area contributed by atoms with E-state index in [-0.39, 0.29) is 0 Å². The van der Waals surface area contributed by atoms with Crippen LogP contribution < -0.4 is 10.6 Å². The number of hydrogen-bond acceptors (Lipinski definition) is 3. The summed E-state index contributed by atoms with van der Waals surface area (Å²) in [6.07, 6.45) is 4.92. The maximum Gasteiger partial charge on any atom is 0.0557 e. The van der Waals surface area contributed by atoms with Crippen LogP contribution in [-0.2, 0) is 0 Å². The Morgan fingerprint density at radius 1 is 1.38 bits per heavy atom. The van der Waals surface area contributed by atoms with Crippen LogP contribution in [0, 0.1) is 12.8 Å². The maximum absolute atomic E-state index is 6.10. The van der Waals surface area contributed by atoms with Gasteiger partial charge in [-0.1, -0.05) is 6.92 Å². The second-order valence-corrected chi connectivity index (χ2v) is 4.97. The topological polar surface area (TPSA) is 42.2 Å². The molecular formula is C13H21N3. The minimum absolute atomic E-state index is 0.337. The molecular weight excluding hydrogens is 198 g/mol. The van der Waals surface area contributed by atoms with E-state index in [4.69, 9.17) is 5.73 Å². The molecule has 2 N–H and O–H groups in total. The van der Waals surface area contributed by atoms with E-state index in [1.165, 1.54) is 11.3 Å². The number of hydrogen-bond donors (Lipinski definition) is 1. The van der Waals surface area contributed by atoms with Crippen molar-refractivity contribution in [1.82, 2.24) is 4.98 Å². The van der Waals surface area contributed by atoms with Crippen molar-refractivity contribution in [2.45, 2.75) is 39.3 Å². The molecule has 0 bridgehead atoms. The van der Waals surface area contributed by atoms with E-state index in [1.54, 1.807) is 0 Å². The molecule has 3 atom stereocenters. The van der Waals surface area contributed by atoms with E-state index < -0.39 is 0 Å². The fourth-order valence-corrected chi connectivity index (χ4v) is 2.46. The molecule has 1 aliphatic rings. The summed E-state index contributed by atoms with van der Waals surface area (Å²) in [6, 6.07) is 3.03. The third kappa shape index (κ3) is 2.05. The Morgan fingerprint density at radius 2 is 2.12 bits per heavy atom. The first-order valence-corrected chi connectivity index (χ1v) is 6.03. The highest BCUT2D eigenvalue weighted by molar-refractivity contribution is 5.47. The number of rotatable bonds is 1. The van der Waals surface area contributed by atoms with Crippen molar-refractivity contribution in [3.8, 4) is 0 Å². The molecule has 0 saturated carbocycles. The van der Waals surface area contributed by atoms with Crippen LogP contribution in [0.15, 0.2) is 18.5 Å². The van der Waals surface area contributed by atoms with E-state index in [1.807, 2.05) is 12.4 Å². The fourth-order valence-electron chi connectivity index (χ4n) is 2.46. The predicted octanol–water partition coefficient (Wildman–Crippen LogP) is 1.95. The third-order valence-corrected chi connectivity index (χ3v) is 3.82. The molecule has 1 saturated heterocycles. The van der Waals surface area contributed by atoms with E-state index in [9.17, 15) is 0 Å². The molecule has 1 fully saturated rings. The van der Waals surface area contributed by atoms with Crippen LogP contribution >= 0.6 is 0 Å². The average molecular weight is 219 g/mol. The third-order valence-electron chi connectivity index (χ3n) is 3.82. The number of piperidine rings is 1. The average Bonchev–Trinajstić information content (AvgIpc) is 2.26. The summed E-state index contributed by atoms with van der Waals surface area (Å²) in [5.74, 6) is 0.536. The number of pyridine rings is 1. The number of aromatic nitrogens is 1. The zero-order valence-electron chi connectivity index (χ0n) is 10.4. The summed E-state index contributed by atoms with van der Waals surface area (Å²) in [5, 5.41) is 0. The van der Waals surface area contributed by atoms with Gasteiger partial charge in [-0.3, -0.25) is 4.98 Å². The number of aryl methyl sites for hydroxylation is 1. The minimum Gasteiger partial charge on any atom is -0.367 e. The Hall–Kier alpha value is -1.09. The zero-order chi connectivity index (χ0) is 11.7. The van der Waals surface area contributed by atoms with E-state index in [0.717, 1.165) is 13.0 Å². The van der Waals surface area contributed by atoms with Gasteiger partial charge in [0.2, 0.25) is 0 Å². The summed E-state index contributed by atoms with van der Waals surface area (Å²) < 4.78 is 0. The summed E-state index contributed by atoms with van der Waals surface area (Å²) in [4.78, 5) is 6.69. The first-order chi connectivity index (χ1) is 7.59. The van der Waals surface area contributed by atoms with Gasteiger partial charge in [0.15, 0.2) is 0 Å². The highest BCUT2D eigenvalue weighted by Crippen LogP contribution is 2.27. The monoisotopic (exact) mass is 219 g/mol. The normalized spacial score (nSPS) is 30.5. The van der Waals surface area contributed by atoms with Gasteiger partial charge in [-0.05, 0) is 37.8 Å². The molecule has 0 amide bonds. The van der Waals surface area contributed by atoms with Crippen LogP contribution in [0.5, 0.6) is 0 Å². The second-order valence-electron chi connectivity index (χ2n) is 4.97. The molecule has 1 aromatic rings. The zero-order valence-corrected chi connectivity index (χ0v) is 10.4. The van der Waals surface area contributed by atoms with Crippen LogP contribution in [0.3, 0.4) is 0 Å². The lowest BCUT2D eigenvalue weighted by Crippen LogP contribution is -2.51. The standard InChI is InChI=1S/C13H21N3/c1-9-6-12(8-15-7-9)16-5-4-13(14)10(2)11(16)3/h6-8,10-11,13H,4-5,14H2,1-3H3. The van der Waals surface area contributed by atoms with Crippen molar-refractivity contribution in [1.29, 1.82) is 0 Å². The maximum atomic E-state index is 6.10. The quantitative estimate of drug-likeness (QED) is 0.785. The summed E-state index contributed by atoms with van der Waals surface area (Å²) >= 11 is 0. The Morgan fingerprint density at radius 3 is 2.81 bits per heavy atom. The first kappa shape index (κ1) is 11.4. The lowest BCUT2D eigenvalue weighted by atomic mass is 9.87. The van der Waals surface area contributed by atoms with Gasteiger partial charge in [-0.15, -0.1) is 0 Å². The van der Waals surface area contributed by atoms with Crippen molar-refractivity contribution in [3.63, 3.8) is 0 Å². The molecule has 3 heteroatoms. The van der Waals surface area contributed by atoms with Gasteiger partial charge < -0.3 is 10.6 Å². The van der Waals surface area contributed by atoms with Gasteiger partial charge in [-0.25, -0.2) is 0 Å². The molecule has 0 aliphatic carbocycles. The summed E-state index contributed by atoms with van der Waals surface area (Å²) in [5.41, 5.74) is 8.54. The van der Waals surface area contributed by atoms with Gasteiger partial charge in [-0.2, -0.15) is 0 Å². The first-order valence-electron chi connectivity index (χ1n) is 6.03. The molecule has 3 nitrogen and oxygen atoms in total. The lowest BCUT2D eigenvalue weighted by Gasteiger charge is -2.42. The van der Waals surface area contributed by atoms with Crippen LogP contribution in [0.4, 0.5) is 5.69 Å². The largest absolute Gasteiger partial charge is 0.367 e. The van der Waals surface area contributed by atoms with E-state index in [0.29, 0.717) is 18.0 Å². The Kier molecular flexibility index (Phi) is 3.15. The number of nitrogens with zero attached hydrogens (tertiary/aromatic N) is 2. The molecule has 0 aromatic carbocycles. The van der Waals surface area contributed by atoms with Crippen molar-refractivity contribution in [3.05, 3.63) is 24.0 Å². The van der Waals surface area contributed by atoms with Crippen molar-refractivity contribution in [2.24, 2.45) is 11.7 Å². The van der Waals surface area contributed by atoms with E-state index >= 15 is 0 Å². The van der Waals surface area contributed by atoms with Gasteiger partial charge >= 0.3 is 0 Å². The van der Waals surface area contributed by atoms with Gasteiger partial charge in [0.1, 0.15) is 0 Å². The fraction of sp³-hybridized carbons (Fsp3) is 0.615. The van der Waals surface area contributed by atoms with Crippen molar-refractivity contribution >= 4 is 5.69 Å². The van der Waals surface area contributed by atoms with Crippen LogP contribution in [-0.4, -0.2) is 23.6 Å². The van der Waals surface area contributed by atoms with Gasteiger partial charge in [0, 0.05) is 24.8 Å². The molecule has 0 spiro atoms. The molecule has 2 rings (SSSR count). The Bertz CT molecular complexity index is 364. The lowest BCUT2D eigenvalue weighted by molar-refractivity contribution is 0.315. The SMILES string of the molecule is Cc1cncc(N2CCC(N)C(C)C2C)c1. The van der Waals surface area contributed by atoms with Crippen molar-refractivity contribution < 1.29 is 0 Å². The molecule has 0 radical (unpaired) electrons. The molecule has 1 aromatic heterocycles. The predicted molar refractivity (Wildman–Crippen MR) is 67.5 cm³/mol. The highest BCUT2D eigenvalue weighted by atomic mass is 15.2. The van der Waals surface area contributed by atoms with Crippen LogP contribution in [0.25, 0.3) is 0 Å². The minimum atomic E-state index is 0.337. The molecule has 16 heavy (non-hydrogen) atoms. The Balaban J connectivity index is 2.21. The smallest absolute Gasteiger partial charge is 0.0557 e. The number of anilines is 1. The summed E-state index contributed by atoms with van der Waals surface area (Å²) in [7, 11) is 0. The Labute approximate surface area is 97.7 Å². The van der Waals surface area contributed by atoms with Crippen LogP contribution in [0.1, 0.15) is 25.8 Å². The molecule has 88 valence electrons. The van der Waals surface area contributed by atoms with Crippen molar-refractivity contribution in [2.75, 3.05) is 11.4 Å². The highest BCUT2D eigenvalue weighted by Gasteiger charge is 2.30. The van der Waals surface area contributed by atoms with Gasteiger partial charge in [0.25, 0.3) is 0 Å².